The van der Waals surface area contributed by atoms with Gasteiger partial charge in [-0.1, -0.05) is 78.9 Å². The van der Waals surface area contributed by atoms with Gasteiger partial charge < -0.3 is 21.3 Å². The molecule has 6 aromatic rings. The van der Waals surface area contributed by atoms with Crippen LogP contribution in [0.15, 0.2) is 143 Å². The Kier molecular flexibility index (Phi) is 11.9. The van der Waals surface area contributed by atoms with E-state index < -0.39 is 23.0 Å². The summed E-state index contributed by atoms with van der Waals surface area (Å²) in [6.07, 6.45) is 1.62. The van der Waals surface area contributed by atoms with Crippen molar-refractivity contribution in [2.24, 2.45) is 0 Å². The molecule has 12 heteroatoms. The van der Waals surface area contributed by atoms with E-state index in [-0.39, 0.29) is 22.2 Å². The number of nitrogens with zero attached hydrogens (tertiary/aromatic N) is 1. The number of thioether (sulfide) groups is 1. The van der Waals surface area contributed by atoms with E-state index in [9.17, 15) is 24.4 Å². The van der Waals surface area contributed by atoms with E-state index >= 15 is 0 Å². The summed E-state index contributed by atoms with van der Waals surface area (Å²) in [5.74, 6) is -1.72. The molecular formula is C41H31N5O4S3. The Balaban J connectivity index is 1.22. The molecule has 0 radical (unpaired) electrons. The molecule has 4 aromatic carbocycles. The monoisotopic (exact) mass is 753 g/mol. The molecule has 262 valence electrons. The Labute approximate surface area is 318 Å². The number of para-hydroxylation sites is 1. The van der Waals surface area contributed by atoms with Crippen LogP contribution in [-0.4, -0.2) is 23.6 Å². The number of hydrogen-bond donors (Lipinski definition) is 4. The summed E-state index contributed by atoms with van der Waals surface area (Å²) >= 11 is 3.73. The molecule has 0 aliphatic rings. The molecule has 1 atom stereocenters. The van der Waals surface area contributed by atoms with Crippen LogP contribution in [0, 0.1) is 18.3 Å². The van der Waals surface area contributed by atoms with Gasteiger partial charge in [0.2, 0.25) is 5.91 Å². The summed E-state index contributed by atoms with van der Waals surface area (Å²) in [6, 6.07) is 39.7. The fraction of sp³-hybridized carbons (Fsp3) is 0.0488. The smallest absolute Gasteiger partial charge is 0.272 e. The van der Waals surface area contributed by atoms with Gasteiger partial charge in [0.25, 0.3) is 17.7 Å². The second kappa shape index (κ2) is 17.3. The predicted octanol–water partition coefficient (Wildman–Crippen LogP) is 9.12. The molecular weight excluding hydrogens is 723 g/mol. The first kappa shape index (κ1) is 36.5. The highest BCUT2D eigenvalue weighted by molar-refractivity contribution is 8.00. The minimum atomic E-state index is -0.767. The molecule has 6 rings (SSSR count). The highest BCUT2D eigenvalue weighted by Gasteiger charge is 2.27. The topological polar surface area (TPSA) is 140 Å². The first-order chi connectivity index (χ1) is 25.8. The fourth-order valence-electron chi connectivity index (χ4n) is 5.18. The van der Waals surface area contributed by atoms with Crippen molar-refractivity contribution in [1.29, 1.82) is 5.26 Å². The van der Waals surface area contributed by atoms with E-state index in [4.69, 9.17) is 0 Å². The van der Waals surface area contributed by atoms with Gasteiger partial charge in [-0.2, -0.15) is 5.26 Å². The van der Waals surface area contributed by atoms with Crippen molar-refractivity contribution in [1.82, 2.24) is 5.32 Å². The van der Waals surface area contributed by atoms with Crippen molar-refractivity contribution in [3.05, 3.63) is 170 Å². The average molecular weight is 754 g/mol. The normalized spacial score (nSPS) is 11.5. The maximum Gasteiger partial charge on any atom is 0.272 e. The van der Waals surface area contributed by atoms with Gasteiger partial charge in [0.15, 0.2) is 0 Å². The van der Waals surface area contributed by atoms with Crippen LogP contribution in [0.2, 0.25) is 0 Å². The lowest BCUT2D eigenvalue weighted by Gasteiger charge is -2.17. The number of anilines is 3. The molecule has 0 aliphatic carbocycles. The number of nitriles is 1. The van der Waals surface area contributed by atoms with Crippen molar-refractivity contribution in [3.8, 4) is 6.07 Å². The third kappa shape index (κ3) is 9.35. The van der Waals surface area contributed by atoms with Crippen molar-refractivity contribution in [2.75, 3.05) is 16.0 Å². The Hall–Kier alpha value is -6.26. The molecule has 1 unspecified atom stereocenters. The lowest BCUT2D eigenvalue weighted by atomic mass is 10.1. The van der Waals surface area contributed by atoms with Crippen LogP contribution in [0.5, 0.6) is 0 Å². The average Bonchev–Trinajstić information content (AvgIpc) is 3.81. The van der Waals surface area contributed by atoms with Gasteiger partial charge in [0.1, 0.15) is 22.0 Å². The van der Waals surface area contributed by atoms with E-state index in [1.165, 1.54) is 23.1 Å². The number of carbonyl (C=O) groups excluding carboxylic acids is 4. The minimum Gasteiger partial charge on any atom is -0.321 e. The second-order valence-corrected chi connectivity index (χ2v) is 14.6. The molecule has 4 N–H and O–H groups in total. The highest BCUT2D eigenvalue weighted by atomic mass is 32.2. The van der Waals surface area contributed by atoms with E-state index in [1.807, 2.05) is 72.1 Å². The minimum absolute atomic E-state index is 0.0669. The highest BCUT2D eigenvalue weighted by Crippen LogP contribution is 2.39. The lowest BCUT2D eigenvalue weighted by Crippen LogP contribution is -2.30. The summed E-state index contributed by atoms with van der Waals surface area (Å²) < 4.78 is 0. The summed E-state index contributed by atoms with van der Waals surface area (Å²) in [5, 5.41) is 22.8. The molecule has 0 fully saturated rings. The van der Waals surface area contributed by atoms with E-state index in [0.29, 0.717) is 37.8 Å². The zero-order valence-corrected chi connectivity index (χ0v) is 30.6. The van der Waals surface area contributed by atoms with Crippen LogP contribution in [0.25, 0.3) is 6.08 Å². The Bertz CT molecular complexity index is 2320. The SMILES string of the molecule is Cc1c(C(=O)Nc2ccccc2)sc(NC(=O)C(Sc2cccc(NC(=O)/C(=C/c3cccs3)NC(=O)c3ccccc3)c2)c2ccccc2)c1C#N. The summed E-state index contributed by atoms with van der Waals surface area (Å²) in [5.41, 5.74) is 2.94. The molecule has 0 bridgehead atoms. The summed E-state index contributed by atoms with van der Waals surface area (Å²) in [7, 11) is 0. The zero-order chi connectivity index (χ0) is 37.2. The van der Waals surface area contributed by atoms with Crippen LogP contribution in [0.1, 0.15) is 46.8 Å². The molecule has 9 nitrogen and oxygen atoms in total. The van der Waals surface area contributed by atoms with Crippen molar-refractivity contribution < 1.29 is 19.2 Å². The van der Waals surface area contributed by atoms with Gasteiger partial charge in [0, 0.05) is 26.7 Å². The Morgan fingerprint density at radius 1 is 0.755 bits per heavy atom. The number of carbonyl (C=O) groups is 4. The number of hydrogen-bond acceptors (Lipinski definition) is 8. The second-order valence-electron chi connectivity index (χ2n) is 11.5. The quantitative estimate of drug-likeness (QED) is 0.0726. The predicted molar refractivity (Wildman–Crippen MR) is 213 cm³/mol. The van der Waals surface area contributed by atoms with Gasteiger partial charge in [-0.05, 0) is 78.0 Å². The number of nitrogens with one attached hydrogen (secondary N) is 4. The molecule has 0 spiro atoms. The van der Waals surface area contributed by atoms with Gasteiger partial charge >= 0.3 is 0 Å². The molecule has 2 heterocycles. The summed E-state index contributed by atoms with van der Waals surface area (Å²) in [6.45, 7) is 1.68. The van der Waals surface area contributed by atoms with Crippen LogP contribution in [0.3, 0.4) is 0 Å². The third-order valence-electron chi connectivity index (χ3n) is 7.78. The molecule has 0 saturated carbocycles. The maximum absolute atomic E-state index is 14.0. The van der Waals surface area contributed by atoms with Crippen molar-refractivity contribution in [3.63, 3.8) is 0 Å². The molecule has 0 aliphatic heterocycles. The molecule has 4 amide bonds. The van der Waals surface area contributed by atoms with Crippen LogP contribution in [0.4, 0.5) is 16.4 Å². The lowest BCUT2D eigenvalue weighted by molar-refractivity contribution is -0.116. The molecule has 53 heavy (non-hydrogen) atoms. The van der Waals surface area contributed by atoms with E-state index in [0.717, 1.165) is 16.2 Å². The molecule has 0 saturated heterocycles. The van der Waals surface area contributed by atoms with Gasteiger partial charge in [-0.3, -0.25) is 19.2 Å². The van der Waals surface area contributed by atoms with Crippen molar-refractivity contribution in [2.45, 2.75) is 17.1 Å². The largest absolute Gasteiger partial charge is 0.321 e. The fourth-order valence-corrected chi connectivity index (χ4v) is 7.98. The number of benzene rings is 4. The van der Waals surface area contributed by atoms with Crippen LogP contribution >= 0.6 is 34.4 Å². The van der Waals surface area contributed by atoms with Crippen LogP contribution in [-0.2, 0) is 9.59 Å². The summed E-state index contributed by atoms with van der Waals surface area (Å²) in [4.78, 5) is 55.6. The third-order valence-corrected chi connectivity index (χ3v) is 11.1. The van der Waals surface area contributed by atoms with E-state index in [1.54, 1.807) is 73.7 Å². The number of amides is 4. The molecule has 2 aromatic heterocycles. The van der Waals surface area contributed by atoms with Gasteiger partial charge in [0.05, 0.1) is 10.4 Å². The van der Waals surface area contributed by atoms with Gasteiger partial charge in [-0.15, -0.1) is 34.4 Å². The van der Waals surface area contributed by atoms with E-state index in [2.05, 4.69) is 27.3 Å². The Morgan fingerprint density at radius 3 is 2.11 bits per heavy atom. The Morgan fingerprint density at radius 2 is 1.43 bits per heavy atom. The first-order valence-electron chi connectivity index (χ1n) is 16.2. The van der Waals surface area contributed by atoms with Crippen LogP contribution < -0.4 is 21.3 Å². The number of rotatable bonds is 12. The van der Waals surface area contributed by atoms with Gasteiger partial charge in [-0.25, -0.2) is 0 Å². The zero-order valence-electron chi connectivity index (χ0n) is 28.2. The first-order valence-corrected chi connectivity index (χ1v) is 18.8. The standard InChI is InChI=1S/C41H31N5O4S3/c1-26-33(25-42)41(53-35(26)39(49)43-29-17-9-4-10-18-29)46-40(50)36(27-13-5-2-6-14-27)52-32-20-11-19-30(23-32)44-38(48)34(24-31-21-12-22-51-31)45-37(47)28-15-7-3-8-16-28/h2-24,36H,1H3,(H,43,49)(H,44,48)(H,45,47)(H,46,50)/b34-24-. The number of thiophene rings is 2. The van der Waals surface area contributed by atoms with Crippen molar-refractivity contribution >= 4 is 80.5 Å². The maximum atomic E-state index is 14.0.